The molecule has 0 saturated heterocycles. The molecule has 2 rings (SSSR count). The van der Waals surface area contributed by atoms with Crippen LogP contribution in [-0.2, 0) is 0 Å². The summed E-state index contributed by atoms with van der Waals surface area (Å²) in [6.07, 6.45) is 3.44. The van der Waals surface area contributed by atoms with Gasteiger partial charge in [0.05, 0.1) is 5.60 Å². The largest absolute Gasteiger partial charge is 0.390 e. The molecule has 0 radical (unpaired) electrons. The van der Waals surface area contributed by atoms with Gasteiger partial charge in [-0.05, 0) is 55.8 Å². The van der Waals surface area contributed by atoms with Crippen LogP contribution in [-0.4, -0.2) is 10.7 Å². The maximum absolute atomic E-state index is 10.6. The van der Waals surface area contributed by atoms with Crippen molar-refractivity contribution in [3.8, 4) is 0 Å². The Balaban J connectivity index is 2.48. The van der Waals surface area contributed by atoms with Gasteiger partial charge in [0.1, 0.15) is 0 Å². The molecule has 92 valence electrons. The molecule has 0 bridgehead atoms. The van der Waals surface area contributed by atoms with Crippen molar-refractivity contribution in [2.24, 2.45) is 22.7 Å². The quantitative estimate of drug-likeness (QED) is 0.669. The molecule has 2 aliphatic rings. The normalized spacial score (nSPS) is 56.4. The van der Waals surface area contributed by atoms with E-state index in [0.29, 0.717) is 17.3 Å². The van der Waals surface area contributed by atoms with Crippen LogP contribution in [0.25, 0.3) is 0 Å². The van der Waals surface area contributed by atoms with Crippen molar-refractivity contribution in [3.63, 3.8) is 0 Å². The molecule has 5 atom stereocenters. The van der Waals surface area contributed by atoms with Crippen LogP contribution in [0.15, 0.2) is 12.2 Å². The van der Waals surface area contributed by atoms with Crippen molar-refractivity contribution in [1.29, 1.82) is 0 Å². The summed E-state index contributed by atoms with van der Waals surface area (Å²) in [5, 5.41) is 10.6. The topological polar surface area (TPSA) is 20.2 Å². The molecule has 16 heavy (non-hydrogen) atoms. The fourth-order valence-electron chi connectivity index (χ4n) is 4.90. The van der Waals surface area contributed by atoms with E-state index >= 15 is 0 Å². The van der Waals surface area contributed by atoms with E-state index in [-0.39, 0.29) is 5.41 Å². The average Bonchev–Trinajstić information content (AvgIpc) is 2.44. The first-order chi connectivity index (χ1) is 7.15. The predicted molar refractivity (Wildman–Crippen MR) is 68.2 cm³/mol. The van der Waals surface area contributed by atoms with E-state index in [1.165, 1.54) is 18.4 Å². The van der Waals surface area contributed by atoms with Crippen LogP contribution in [0.1, 0.15) is 53.9 Å². The summed E-state index contributed by atoms with van der Waals surface area (Å²) < 4.78 is 0. The highest BCUT2D eigenvalue weighted by atomic mass is 16.3. The first-order valence-corrected chi connectivity index (χ1v) is 6.53. The van der Waals surface area contributed by atoms with Crippen molar-refractivity contribution in [2.75, 3.05) is 0 Å². The van der Waals surface area contributed by atoms with E-state index in [4.69, 9.17) is 0 Å². The molecule has 1 heteroatoms. The van der Waals surface area contributed by atoms with Gasteiger partial charge in [-0.15, -0.1) is 0 Å². The summed E-state index contributed by atoms with van der Waals surface area (Å²) in [5.41, 5.74) is 1.32. The van der Waals surface area contributed by atoms with Gasteiger partial charge in [0.15, 0.2) is 0 Å². The molecule has 1 nitrogen and oxygen atoms in total. The summed E-state index contributed by atoms with van der Waals surface area (Å²) >= 11 is 0. The van der Waals surface area contributed by atoms with Crippen LogP contribution in [0.3, 0.4) is 0 Å². The van der Waals surface area contributed by atoms with Crippen LogP contribution < -0.4 is 0 Å². The zero-order valence-electron chi connectivity index (χ0n) is 11.4. The van der Waals surface area contributed by atoms with Crippen LogP contribution in [0.5, 0.6) is 0 Å². The van der Waals surface area contributed by atoms with Gasteiger partial charge in [-0.1, -0.05) is 32.9 Å². The Morgan fingerprint density at radius 2 is 1.88 bits per heavy atom. The van der Waals surface area contributed by atoms with Crippen molar-refractivity contribution < 1.29 is 5.11 Å². The maximum atomic E-state index is 10.6. The van der Waals surface area contributed by atoms with Crippen molar-refractivity contribution >= 4 is 0 Å². The van der Waals surface area contributed by atoms with Gasteiger partial charge in [-0.2, -0.15) is 0 Å². The number of fused-ring (bicyclic) bond motifs is 1. The second-order valence-corrected chi connectivity index (χ2v) is 7.04. The molecule has 0 amide bonds. The zero-order valence-corrected chi connectivity index (χ0v) is 11.4. The third-order valence-electron chi connectivity index (χ3n) is 6.18. The first-order valence-electron chi connectivity index (χ1n) is 6.53. The number of hydrogen-bond donors (Lipinski definition) is 1. The molecular weight excluding hydrogens is 196 g/mol. The summed E-state index contributed by atoms with van der Waals surface area (Å²) in [7, 11) is 0. The van der Waals surface area contributed by atoms with Gasteiger partial charge in [0, 0.05) is 0 Å². The lowest BCUT2D eigenvalue weighted by Crippen LogP contribution is -2.40. The highest BCUT2D eigenvalue weighted by Crippen LogP contribution is 2.71. The van der Waals surface area contributed by atoms with Crippen LogP contribution in [0.4, 0.5) is 0 Å². The molecule has 0 aromatic carbocycles. The number of hydrogen-bond acceptors (Lipinski definition) is 1. The van der Waals surface area contributed by atoms with Crippen LogP contribution in [0.2, 0.25) is 0 Å². The molecule has 2 unspecified atom stereocenters. The minimum absolute atomic E-state index is 0.225. The van der Waals surface area contributed by atoms with Crippen LogP contribution >= 0.6 is 0 Å². The molecule has 2 fully saturated rings. The second kappa shape index (κ2) is 3.13. The standard InChI is InChI=1S/C15H26O/c1-10(2)12-7-8-13(4)9-14(5,16)11(3)15(12,13)6/h11-12,16H,1,7-9H2,2-6H3/t11?,12-,13-,14?,15-/m0/s1. The lowest BCUT2D eigenvalue weighted by Gasteiger charge is -2.43. The Morgan fingerprint density at radius 3 is 2.38 bits per heavy atom. The highest BCUT2D eigenvalue weighted by Gasteiger charge is 2.66. The van der Waals surface area contributed by atoms with Crippen molar-refractivity contribution in [1.82, 2.24) is 0 Å². The first kappa shape index (κ1) is 12.2. The maximum Gasteiger partial charge on any atom is 0.0656 e. The predicted octanol–water partition coefficient (Wildman–Crippen LogP) is 3.78. The molecule has 1 N–H and O–H groups in total. The third-order valence-corrected chi connectivity index (χ3v) is 6.18. The Bertz CT molecular complexity index is 330. The van der Waals surface area contributed by atoms with Crippen molar-refractivity contribution in [3.05, 3.63) is 12.2 Å². The van der Waals surface area contributed by atoms with E-state index in [9.17, 15) is 5.11 Å². The summed E-state index contributed by atoms with van der Waals surface area (Å²) in [6.45, 7) is 15.3. The number of aliphatic hydroxyl groups is 1. The van der Waals surface area contributed by atoms with Crippen LogP contribution in [0, 0.1) is 22.7 Å². The number of allylic oxidation sites excluding steroid dienone is 1. The second-order valence-electron chi connectivity index (χ2n) is 7.04. The Morgan fingerprint density at radius 1 is 1.31 bits per heavy atom. The average molecular weight is 222 g/mol. The Kier molecular flexibility index (Phi) is 2.38. The fourth-order valence-corrected chi connectivity index (χ4v) is 4.90. The monoisotopic (exact) mass is 222 g/mol. The molecule has 2 aliphatic carbocycles. The molecular formula is C15H26O. The summed E-state index contributed by atoms with van der Waals surface area (Å²) in [6, 6.07) is 0. The van der Waals surface area contributed by atoms with E-state index in [0.717, 1.165) is 6.42 Å². The van der Waals surface area contributed by atoms with Crippen molar-refractivity contribution in [2.45, 2.75) is 59.5 Å². The molecule has 0 aromatic heterocycles. The Hall–Kier alpha value is -0.300. The van der Waals surface area contributed by atoms with E-state index in [1.54, 1.807) is 0 Å². The minimum Gasteiger partial charge on any atom is -0.390 e. The van der Waals surface area contributed by atoms with Gasteiger partial charge in [-0.3, -0.25) is 0 Å². The molecule has 0 aromatic rings. The molecule has 0 aliphatic heterocycles. The fraction of sp³-hybridized carbons (Fsp3) is 0.867. The van der Waals surface area contributed by atoms with E-state index < -0.39 is 5.60 Å². The Labute approximate surface area is 99.9 Å². The highest BCUT2D eigenvalue weighted by molar-refractivity contribution is 5.21. The number of rotatable bonds is 1. The lowest BCUT2D eigenvalue weighted by molar-refractivity contribution is -0.0104. The molecule has 2 saturated carbocycles. The van der Waals surface area contributed by atoms with Gasteiger partial charge in [0.2, 0.25) is 0 Å². The van der Waals surface area contributed by atoms with Gasteiger partial charge >= 0.3 is 0 Å². The lowest BCUT2D eigenvalue weighted by atomic mass is 9.61. The zero-order chi connectivity index (χ0) is 12.4. The molecule has 0 heterocycles. The minimum atomic E-state index is -0.502. The van der Waals surface area contributed by atoms with Gasteiger partial charge < -0.3 is 5.11 Å². The van der Waals surface area contributed by atoms with E-state index in [2.05, 4.69) is 34.3 Å². The third kappa shape index (κ3) is 1.21. The smallest absolute Gasteiger partial charge is 0.0656 e. The summed E-state index contributed by atoms with van der Waals surface area (Å²) in [4.78, 5) is 0. The van der Waals surface area contributed by atoms with E-state index in [1.807, 2.05) is 6.92 Å². The SMILES string of the molecule is C=C(C)[C@@H]1CC[C@@]2(C)CC(C)(O)C(C)[C@@]12C. The molecule has 0 spiro atoms. The van der Waals surface area contributed by atoms with Gasteiger partial charge in [0.25, 0.3) is 0 Å². The van der Waals surface area contributed by atoms with Gasteiger partial charge in [-0.25, -0.2) is 0 Å². The summed E-state index contributed by atoms with van der Waals surface area (Å²) in [5.74, 6) is 0.940.